The molecule has 0 spiro atoms. The van der Waals surface area contributed by atoms with Gasteiger partial charge in [0.15, 0.2) is 0 Å². The number of rotatable bonds is 4. The monoisotopic (exact) mass is 500 g/mol. The summed E-state index contributed by atoms with van der Waals surface area (Å²) in [4.78, 5) is 13.0. The van der Waals surface area contributed by atoms with Gasteiger partial charge >= 0.3 is 0 Å². The molecular weight excluding hydrogens is 478 g/mol. The first-order valence-corrected chi connectivity index (χ1v) is 11.1. The maximum atomic E-state index is 13.0. The summed E-state index contributed by atoms with van der Waals surface area (Å²) in [7, 11) is 0. The van der Waals surface area contributed by atoms with Gasteiger partial charge in [-0.2, -0.15) is 5.10 Å². The van der Waals surface area contributed by atoms with Crippen LogP contribution in [0.3, 0.4) is 0 Å². The van der Waals surface area contributed by atoms with E-state index in [1.54, 1.807) is 12.1 Å². The SMILES string of the molecule is CC1(c2ccc(Cl)cc2)CC(C(=O)NN2CCCCC2)=NN1c1ccc(Cl)cc1Cl.Cl. The topological polar surface area (TPSA) is 47.9 Å². The highest BCUT2D eigenvalue weighted by Gasteiger charge is 2.43. The van der Waals surface area contributed by atoms with Crippen LogP contribution in [-0.4, -0.2) is 29.7 Å². The molecule has 5 nitrogen and oxygen atoms in total. The first-order valence-electron chi connectivity index (χ1n) is 10.0. The van der Waals surface area contributed by atoms with Crippen LogP contribution >= 0.6 is 47.2 Å². The average Bonchev–Trinajstić information content (AvgIpc) is 3.08. The lowest BCUT2D eigenvalue weighted by Gasteiger charge is -2.35. The molecule has 9 heteroatoms. The summed E-state index contributed by atoms with van der Waals surface area (Å²) in [5, 5.41) is 10.2. The van der Waals surface area contributed by atoms with E-state index in [1.807, 2.05) is 47.3 Å². The van der Waals surface area contributed by atoms with Gasteiger partial charge in [-0.15, -0.1) is 12.4 Å². The number of carbonyl (C=O) groups excluding carboxylic acids is 1. The average molecular weight is 502 g/mol. The lowest BCUT2D eigenvalue weighted by atomic mass is 9.86. The molecular formula is C22H24Cl4N4O. The molecule has 0 bridgehead atoms. The first-order chi connectivity index (χ1) is 14.4. The molecule has 1 fully saturated rings. The summed E-state index contributed by atoms with van der Waals surface area (Å²) in [5.41, 5.74) is 4.56. The molecule has 1 saturated heterocycles. The summed E-state index contributed by atoms with van der Waals surface area (Å²) in [6.07, 6.45) is 3.81. The molecule has 4 rings (SSSR count). The summed E-state index contributed by atoms with van der Waals surface area (Å²) in [6.45, 7) is 3.77. The molecule has 1 unspecified atom stereocenters. The minimum absolute atomic E-state index is 0. The predicted octanol–water partition coefficient (Wildman–Crippen LogP) is 6.07. The molecule has 0 aliphatic carbocycles. The number of hydrogen-bond acceptors (Lipinski definition) is 4. The van der Waals surface area contributed by atoms with E-state index in [0.717, 1.165) is 31.5 Å². The molecule has 2 aliphatic rings. The van der Waals surface area contributed by atoms with Crippen molar-refractivity contribution in [2.24, 2.45) is 5.10 Å². The number of piperidine rings is 1. The van der Waals surface area contributed by atoms with Gasteiger partial charge in [-0.3, -0.25) is 15.2 Å². The molecule has 31 heavy (non-hydrogen) atoms. The number of amides is 1. The van der Waals surface area contributed by atoms with E-state index in [0.29, 0.717) is 32.9 Å². The third-order valence-corrected chi connectivity index (χ3v) is 6.47. The zero-order valence-electron chi connectivity index (χ0n) is 17.1. The molecule has 2 heterocycles. The van der Waals surface area contributed by atoms with Crippen LogP contribution in [-0.2, 0) is 10.3 Å². The van der Waals surface area contributed by atoms with E-state index in [1.165, 1.54) is 6.42 Å². The second-order valence-electron chi connectivity index (χ2n) is 7.90. The summed E-state index contributed by atoms with van der Waals surface area (Å²) in [6, 6.07) is 12.9. The van der Waals surface area contributed by atoms with E-state index in [9.17, 15) is 4.79 Å². The van der Waals surface area contributed by atoms with Crippen molar-refractivity contribution in [3.8, 4) is 0 Å². The van der Waals surface area contributed by atoms with Gasteiger partial charge in [0, 0.05) is 29.6 Å². The van der Waals surface area contributed by atoms with Crippen LogP contribution in [0.1, 0.15) is 38.2 Å². The number of nitrogens with zero attached hydrogens (tertiary/aromatic N) is 3. The van der Waals surface area contributed by atoms with Crippen LogP contribution in [0, 0.1) is 0 Å². The van der Waals surface area contributed by atoms with Crippen LogP contribution in [0.25, 0.3) is 0 Å². The first kappa shape index (κ1) is 24.1. The standard InChI is InChI=1S/C22H23Cl3N4O.ClH/c1-22(15-5-7-16(23)8-6-15)14-19(21(30)27-28-11-3-2-4-12-28)26-29(22)20-10-9-17(24)13-18(20)25;/h5-10,13H,2-4,11-12,14H2,1H3,(H,27,30);1H. The molecule has 0 saturated carbocycles. The highest BCUT2D eigenvalue weighted by molar-refractivity contribution is 6.40. The fourth-order valence-electron chi connectivity index (χ4n) is 4.01. The quantitative estimate of drug-likeness (QED) is 0.553. The number of benzene rings is 2. The van der Waals surface area contributed by atoms with Crippen LogP contribution in [0.15, 0.2) is 47.6 Å². The van der Waals surface area contributed by atoms with Crippen molar-refractivity contribution in [1.29, 1.82) is 0 Å². The van der Waals surface area contributed by atoms with Crippen molar-refractivity contribution >= 4 is 64.5 Å². The van der Waals surface area contributed by atoms with Crippen molar-refractivity contribution in [1.82, 2.24) is 10.4 Å². The largest absolute Gasteiger partial charge is 0.284 e. The molecule has 0 radical (unpaired) electrons. The second-order valence-corrected chi connectivity index (χ2v) is 9.18. The van der Waals surface area contributed by atoms with Crippen LogP contribution in [0.4, 0.5) is 5.69 Å². The Labute approximate surface area is 203 Å². The lowest BCUT2D eigenvalue weighted by Crippen LogP contribution is -2.47. The minimum atomic E-state index is -0.601. The van der Waals surface area contributed by atoms with Gasteiger partial charge in [-0.05, 0) is 55.7 Å². The zero-order valence-corrected chi connectivity index (χ0v) is 20.2. The molecule has 0 aromatic heterocycles. The number of hydrazine groups is 1. The van der Waals surface area contributed by atoms with Crippen molar-refractivity contribution in [3.05, 3.63) is 63.1 Å². The van der Waals surface area contributed by atoms with Gasteiger partial charge in [0.05, 0.1) is 16.2 Å². The Hall–Kier alpha value is -1.50. The number of anilines is 1. The Morgan fingerprint density at radius 1 is 1.00 bits per heavy atom. The van der Waals surface area contributed by atoms with Gasteiger partial charge in [-0.25, -0.2) is 5.01 Å². The van der Waals surface area contributed by atoms with Crippen molar-refractivity contribution in [2.75, 3.05) is 18.1 Å². The summed E-state index contributed by atoms with van der Waals surface area (Å²) < 4.78 is 0. The molecule has 1 atom stereocenters. The predicted molar refractivity (Wildman–Crippen MR) is 131 cm³/mol. The molecule has 2 aliphatic heterocycles. The van der Waals surface area contributed by atoms with Crippen molar-refractivity contribution in [2.45, 2.75) is 38.1 Å². The van der Waals surface area contributed by atoms with E-state index < -0.39 is 5.54 Å². The smallest absolute Gasteiger partial charge is 0.281 e. The molecule has 166 valence electrons. The second kappa shape index (κ2) is 9.97. The van der Waals surface area contributed by atoms with Gasteiger partial charge in [0.25, 0.3) is 5.91 Å². The molecule has 1 N–H and O–H groups in total. The minimum Gasteiger partial charge on any atom is -0.284 e. The Morgan fingerprint density at radius 2 is 1.65 bits per heavy atom. The number of hydrazone groups is 1. The number of halogens is 4. The van der Waals surface area contributed by atoms with Gasteiger partial charge in [0.1, 0.15) is 5.71 Å². The normalized spacial score (nSPS) is 21.4. The Kier molecular flexibility index (Phi) is 7.76. The Morgan fingerprint density at radius 3 is 2.29 bits per heavy atom. The van der Waals surface area contributed by atoms with Crippen LogP contribution < -0.4 is 10.4 Å². The molecule has 2 aromatic carbocycles. The van der Waals surface area contributed by atoms with E-state index in [2.05, 4.69) is 5.43 Å². The fraction of sp³-hybridized carbons (Fsp3) is 0.364. The third-order valence-electron chi connectivity index (χ3n) is 5.68. The Bertz CT molecular complexity index is 976. The fourth-order valence-corrected chi connectivity index (χ4v) is 4.63. The highest BCUT2D eigenvalue weighted by atomic mass is 35.5. The van der Waals surface area contributed by atoms with E-state index in [4.69, 9.17) is 39.9 Å². The zero-order chi connectivity index (χ0) is 21.3. The maximum absolute atomic E-state index is 13.0. The van der Waals surface area contributed by atoms with Crippen LogP contribution in [0.5, 0.6) is 0 Å². The van der Waals surface area contributed by atoms with E-state index >= 15 is 0 Å². The van der Waals surface area contributed by atoms with Crippen LogP contribution in [0.2, 0.25) is 15.1 Å². The molecule has 2 aromatic rings. The highest BCUT2D eigenvalue weighted by Crippen LogP contribution is 2.44. The number of hydrogen-bond donors (Lipinski definition) is 1. The van der Waals surface area contributed by atoms with Crippen molar-refractivity contribution < 1.29 is 4.79 Å². The van der Waals surface area contributed by atoms with Gasteiger partial charge in [0.2, 0.25) is 0 Å². The third kappa shape index (κ3) is 5.12. The number of nitrogens with one attached hydrogen (secondary N) is 1. The maximum Gasteiger partial charge on any atom is 0.281 e. The van der Waals surface area contributed by atoms with Crippen molar-refractivity contribution in [3.63, 3.8) is 0 Å². The van der Waals surface area contributed by atoms with Gasteiger partial charge in [-0.1, -0.05) is 53.4 Å². The number of carbonyl (C=O) groups is 1. The van der Waals surface area contributed by atoms with E-state index in [-0.39, 0.29) is 18.3 Å². The molecule has 1 amide bonds. The van der Waals surface area contributed by atoms with Gasteiger partial charge < -0.3 is 0 Å². The Balaban J connectivity index is 0.00000272. The summed E-state index contributed by atoms with van der Waals surface area (Å²) >= 11 is 18.7. The lowest BCUT2D eigenvalue weighted by molar-refractivity contribution is -0.119. The summed E-state index contributed by atoms with van der Waals surface area (Å²) in [5.74, 6) is -0.176.